The lowest BCUT2D eigenvalue weighted by atomic mass is 10.1. The van der Waals surface area contributed by atoms with Crippen molar-refractivity contribution in [2.75, 3.05) is 18.9 Å². The minimum absolute atomic E-state index is 0.0155. The fraction of sp³-hybridized carbons (Fsp3) is 0.300. The third kappa shape index (κ3) is 6.38. The molecule has 9 heteroatoms. The zero-order chi connectivity index (χ0) is 21.8. The molecule has 0 aliphatic heterocycles. The van der Waals surface area contributed by atoms with Gasteiger partial charge in [-0.05, 0) is 57.1 Å². The van der Waals surface area contributed by atoms with E-state index in [9.17, 15) is 18.0 Å². The first-order valence-electron chi connectivity index (χ1n) is 8.98. The number of primary sulfonamides is 1. The van der Waals surface area contributed by atoms with Gasteiger partial charge in [-0.15, -0.1) is 0 Å². The van der Waals surface area contributed by atoms with Gasteiger partial charge in [-0.1, -0.05) is 29.8 Å². The maximum atomic E-state index is 12.2. The molecular weight excluding hydrogens is 392 g/mol. The topological polar surface area (TPSA) is 122 Å². The van der Waals surface area contributed by atoms with E-state index in [0.29, 0.717) is 5.69 Å². The molecule has 3 amide bonds. The van der Waals surface area contributed by atoms with E-state index in [1.165, 1.54) is 12.1 Å². The number of anilines is 1. The average Bonchev–Trinajstić information content (AvgIpc) is 2.62. The lowest BCUT2D eigenvalue weighted by Gasteiger charge is -2.24. The van der Waals surface area contributed by atoms with Crippen molar-refractivity contribution in [2.24, 2.45) is 5.14 Å². The summed E-state index contributed by atoms with van der Waals surface area (Å²) < 4.78 is 22.7. The zero-order valence-electron chi connectivity index (χ0n) is 16.9. The van der Waals surface area contributed by atoms with Gasteiger partial charge in [0.15, 0.2) is 0 Å². The molecule has 0 aliphatic rings. The number of hydrogen-bond acceptors (Lipinski definition) is 5. The fourth-order valence-electron chi connectivity index (χ4n) is 2.83. The Morgan fingerprint density at radius 3 is 2.28 bits per heavy atom. The number of nitrogens with zero attached hydrogens (tertiary/aromatic N) is 1. The average molecular weight is 419 g/mol. The van der Waals surface area contributed by atoms with Gasteiger partial charge in [0, 0.05) is 11.7 Å². The van der Waals surface area contributed by atoms with Gasteiger partial charge in [0.05, 0.1) is 11.4 Å². The Morgan fingerprint density at radius 2 is 1.72 bits per heavy atom. The van der Waals surface area contributed by atoms with Crippen LogP contribution in [0.1, 0.15) is 29.7 Å². The molecule has 8 nitrogen and oxygen atoms in total. The van der Waals surface area contributed by atoms with Crippen LogP contribution < -0.4 is 15.8 Å². The summed E-state index contributed by atoms with van der Waals surface area (Å²) in [7, 11) is -2.02. The molecule has 0 aromatic heterocycles. The first kappa shape index (κ1) is 22.5. The molecule has 0 radical (unpaired) electrons. The Bertz CT molecular complexity index is 1000. The van der Waals surface area contributed by atoms with Gasteiger partial charge < -0.3 is 5.32 Å². The van der Waals surface area contributed by atoms with Crippen LogP contribution in [0.4, 0.5) is 10.5 Å². The normalized spacial score (nSPS) is 12.5. The lowest BCUT2D eigenvalue weighted by molar-refractivity contribution is -0.121. The number of rotatable bonds is 6. The van der Waals surface area contributed by atoms with Crippen LogP contribution in [0.3, 0.4) is 0 Å². The standard InChI is InChI=1S/C20H26N4O4S/c1-13-5-10-18(14(2)11-13)22-20(26)23-19(25)12-24(4)15(3)16-6-8-17(9-7-16)29(21,27)28/h5-11,15H,12H2,1-4H3,(H2,21,27,28)(H2,22,23,25,26)/t15-/m1/s1. The summed E-state index contributed by atoms with van der Waals surface area (Å²) in [6.45, 7) is 5.69. The Balaban J connectivity index is 1.92. The van der Waals surface area contributed by atoms with Crippen LogP contribution in [0.2, 0.25) is 0 Å². The molecule has 29 heavy (non-hydrogen) atoms. The van der Waals surface area contributed by atoms with E-state index in [0.717, 1.165) is 16.7 Å². The van der Waals surface area contributed by atoms with Gasteiger partial charge in [0.25, 0.3) is 0 Å². The number of carbonyl (C=O) groups is 2. The number of imide groups is 1. The minimum Gasteiger partial charge on any atom is -0.307 e. The predicted molar refractivity (Wildman–Crippen MR) is 112 cm³/mol. The number of hydrogen-bond donors (Lipinski definition) is 3. The lowest BCUT2D eigenvalue weighted by Crippen LogP contribution is -2.41. The van der Waals surface area contributed by atoms with Crippen LogP contribution >= 0.6 is 0 Å². The van der Waals surface area contributed by atoms with E-state index in [1.807, 2.05) is 32.9 Å². The van der Waals surface area contributed by atoms with E-state index >= 15 is 0 Å². The smallest absolute Gasteiger partial charge is 0.307 e. The number of aryl methyl sites for hydroxylation is 2. The zero-order valence-corrected chi connectivity index (χ0v) is 17.7. The second kappa shape index (κ2) is 9.17. The van der Waals surface area contributed by atoms with Gasteiger partial charge in [-0.3, -0.25) is 15.0 Å². The second-order valence-corrected chi connectivity index (χ2v) is 8.59. The maximum Gasteiger partial charge on any atom is 0.325 e. The number of sulfonamides is 1. The molecule has 0 heterocycles. The molecule has 0 saturated carbocycles. The van der Waals surface area contributed by atoms with Gasteiger partial charge in [-0.2, -0.15) is 0 Å². The summed E-state index contributed by atoms with van der Waals surface area (Å²) >= 11 is 0. The van der Waals surface area contributed by atoms with Crippen molar-refractivity contribution >= 4 is 27.6 Å². The molecule has 0 saturated heterocycles. The monoisotopic (exact) mass is 418 g/mol. The summed E-state index contributed by atoms with van der Waals surface area (Å²) in [5, 5.41) is 10.1. The highest BCUT2D eigenvalue weighted by Crippen LogP contribution is 2.20. The molecule has 0 bridgehead atoms. The van der Waals surface area contributed by atoms with E-state index in [4.69, 9.17) is 5.14 Å². The molecule has 0 spiro atoms. The minimum atomic E-state index is -3.75. The molecule has 2 rings (SSSR count). The van der Waals surface area contributed by atoms with Gasteiger partial charge in [-0.25, -0.2) is 18.4 Å². The summed E-state index contributed by atoms with van der Waals surface area (Å²) in [5.41, 5.74) is 3.43. The van der Waals surface area contributed by atoms with Crippen molar-refractivity contribution in [3.05, 3.63) is 59.2 Å². The van der Waals surface area contributed by atoms with Gasteiger partial charge in [0.2, 0.25) is 15.9 Å². The van der Waals surface area contributed by atoms with Crippen molar-refractivity contribution in [1.82, 2.24) is 10.2 Å². The van der Waals surface area contributed by atoms with Crippen LogP contribution in [0.25, 0.3) is 0 Å². The largest absolute Gasteiger partial charge is 0.325 e. The molecule has 1 atom stereocenters. The second-order valence-electron chi connectivity index (χ2n) is 7.03. The van der Waals surface area contributed by atoms with Crippen molar-refractivity contribution < 1.29 is 18.0 Å². The molecule has 0 aliphatic carbocycles. The Kier molecular flexibility index (Phi) is 7.12. The van der Waals surface area contributed by atoms with Crippen molar-refractivity contribution in [3.63, 3.8) is 0 Å². The van der Waals surface area contributed by atoms with Crippen LogP contribution in [-0.2, 0) is 14.8 Å². The third-order valence-corrected chi connectivity index (χ3v) is 5.56. The molecule has 2 aromatic carbocycles. The molecule has 0 fully saturated rings. The van der Waals surface area contributed by atoms with Gasteiger partial charge in [0.1, 0.15) is 0 Å². The predicted octanol–water partition coefficient (Wildman–Crippen LogP) is 2.29. The number of carbonyl (C=O) groups excluding carboxylic acids is 2. The highest BCUT2D eigenvalue weighted by Gasteiger charge is 2.17. The summed E-state index contributed by atoms with van der Waals surface area (Å²) in [6.07, 6.45) is 0. The van der Waals surface area contributed by atoms with E-state index in [2.05, 4.69) is 10.6 Å². The molecular formula is C20H26N4O4S. The number of nitrogens with two attached hydrogens (primary N) is 1. The Labute approximate surface area is 171 Å². The van der Waals surface area contributed by atoms with Gasteiger partial charge >= 0.3 is 6.03 Å². The third-order valence-electron chi connectivity index (χ3n) is 4.63. The van der Waals surface area contributed by atoms with E-state index in [-0.39, 0.29) is 17.5 Å². The Hall–Kier alpha value is -2.75. The van der Waals surface area contributed by atoms with Crippen LogP contribution in [0.15, 0.2) is 47.4 Å². The summed E-state index contributed by atoms with van der Waals surface area (Å²) in [4.78, 5) is 26.1. The number of likely N-dealkylation sites (N-methyl/N-ethyl adjacent to an activating group) is 1. The number of urea groups is 1. The number of amides is 3. The highest BCUT2D eigenvalue weighted by atomic mass is 32.2. The number of benzene rings is 2. The van der Waals surface area contributed by atoms with Crippen LogP contribution in [0.5, 0.6) is 0 Å². The van der Waals surface area contributed by atoms with Crippen molar-refractivity contribution in [1.29, 1.82) is 0 Å². The first-order chi connectivity index (χ1) is 13.5. The fourth-order valence-corrected chi connectivity index (χ4v) is 3.34. The summed E-state index contributed by atoms with van der Waals surface area (Å²) in [6, 6.07) is 11.0. The number of nitrogens with one attached hydrogen (secondary N) is 2. The molecule has 2 aromatic rings. The Morgan fingerprint density at radius 1 is 1.10 bits per heavy atom. The van der Waals surface area contributed by atoms with Crippen molar-refractivity contribution in [3.8, 4) is 0 Å². The molecule has 0 unspecified atom stereocenters. The van der Waals surface area contributed by atoms with E-state index in [1.54, 1.807) is 30.1 Å². The van der Waals surface area contributed by atoms with Crippen molar-refractivity contribution in [2.45, 2.75) is 31.7 Å². The summed E-state index contributed by atoms with van der Waals surface area (Å²) in [5.74, 6) is -0.456. The highest BCUT2D eigenvalue weighted by molar-refractivity contribution is 7.89. The SMILES string of the molecule is Cc1ccc(NC(=O)NC(=O)CN(C)[C@H](C)c2ccc(S(N)(=O)=O)cc2)c(C)c1. The quantitative estimate of drug-likeness (QED) is 0.664. The molecule has 156 valence electrons. The van der Waals surface area contributed by atoms with Crippen LogP contribution in [-0.4, -0.2) is 38.8 Å². The maximum absolute atomic E-state index is 12.2. The first-order valence-corrected chi connectivity index (χ1v) is 10.5. The van der Waals surface area contributed by atoms with Crippen LogP contribution in [0, 0.1) is 13.8 Å². The van der Waals surface area contributed by atoms with E-state index < -0.39 is 22.0 Å². The molecule has 4 N–H and O–H groups in total.